The molecule has 3 nitrogen and oxygen atoms in total. The molecule has 0 radical (unpaired) electrons. The molecule has 0 aromatic carbocycles. The molecule has 0 aliphatic heterocycles. The van der Waals surface area contributed by atoms with Gasteiger partial charge in [0.05, 0.1) is 0 Å². The summed E-state index contributed by atoms with van der Waals surface area (Å²) in [5.74, 6) is 0.828. The Bertz CT molecular complexity index is 208. The van der Waals surface area contributed by atoms with Gasteiger partial charge in [0.25, 0.3) is 0 Å². The van der Waals surface area contributed by atoms with E-state index in [9.17, 15) is 0 Å². The monoisotopic (exact) mass is 154 g/mol. The molecule has 0 bridgehead atoms. The Morgan fingerprint density at radius 3 is 3.00 bits per heavy atom. The second kappa shape index (κ2) is 4.01. The summed E-state index contributed by atoms with van der Waals surface area (Å²) in [6.07, 6.45) is 3.50. The highest BCUT2D eigenvalue weighted by Gasteiger charge is 2.02. The lowest BCUT2D eigenvalue weighted by Crippen LogP contribution is -2.00. The molecule has 62 valence electrons. The van der Waals surface area contributed by atoms with Crippen molar-refractivity contribution in [1.29, 1.82) is 0 Å². The molecule has 0 unspecified atom stereocenters. The lowest BCUT2D eigenvalue weighted by molar-refractivity contribution is 0.567. The van der Waals surface area contributed by atoms with Crippen LogP contribution in [0.2, 0.25) is 0 Å². The molecule has 3 heteroatoms. The maximum Gasteiger partial charge on any atom is 0.216 e. The molecule has 11 heavy (non-hydrogen) atoms. The molecule has 1 heterocycles. The van der Waals surface area contributed by atoms with Crippen molar-refractivity contribution in [2.24, 2.45) is 0 Å². The Morgan fingerprint density at radius 1 is 1.55 bits per heavy atom. The molecule has 0 saturated heterocycles. The van der Waals surface area contributed by atoms with Crippen LogP contribution >= 0.6 is 0 Å². The molecule has 1 rings (SSSR count). The Labute approximate surface area is 66.8 Å². The molecule has 1 N–H and O–H groups in total. The Balaban J connectivity index is 2.54. The fourth-order valence-corrected chi connectivity index (χ4v) is 0.903. The van der Waals surface area contributed by atoms with E-state index in [0.29, 0.717) is 0 Å². The average molecular weight is 154 g/mol. The summed E-state index contributed by atoms with van der Waals surface area (Å²) in [6.45, 7) is 5.13. The lowest BCUT2D eigenvalue weighted by atomic mass is 10.3. The van der Waals surface area contributed by atoms with Crippen molar-refractivity contribution in [2.75, 3.05) is 11.9 Å². The van der Waals surface area contributed by atoms with Crippen LogP contribution in [0.4, 0.5) is 5.88 Å². The molecule has 0 amide bonds. The first-order valence-corrected chi connectivity index (χ1v) is 4.04. The third-order valence-electron chi connectivity index (χ3n) is 1.51. The second-order valence-electron chi connectivity index (χ2n) is 2.41. The minimum atomic E-state index is 0.828. The van der Waals surface area contributed by atoms with Gasteiger partial charge in [-0.15, -0.1) is 0 Å². The third-order valence-corrected chi connectivity index (χ3v) is 1.51. The van der Waals surface area contributed by atoms with Crippen molar-refractivity contribution in [3.63, 3.8) is 0 Å². The largest absolute Gasteiger partial charge is 0.428 e. The summed E-state index contributed by atoms with van der Waals surface area (Å²) >= 11 is 0. The van der Waals surface area contributed by atoms with Crippen LogP contribution in [0.3, 0.4) is 0 Å². The summed E-state index contributed by atoms with van der Waals surface area (Å²) < 4.78 is 5.14. The van der Waals surface area contributed by atoms with Crippen molar-refractivity contribution >= 4 is 5.88 Å². The number of rotatable bonds is 4. The van der Waals surface area contributed by atoms with Crippen LogP contribution in [0.5, 0.6) is 0 Å². The van der Waals surface area contributed by atoms with E-state index in [1.54, 1.807) is 0 Å². The van der Waals surface area contributed by atoms with Crippen molar-refractivity contribution in [2.45, 2.75) is 26.7 Å². The van der Waals surface area contributed by atoms with Crippen molar-refractivity contribution in [3.8, 4) is 0 Å². The average Bonchev–Trinajstić information content (AvgIpc) is 2.47. The molecule has 0 aliphatic carbocycles. The predicted octanol–water partition coefficient (Wildman–Crippen LogP) is 2.06. The van der Waals surface area contributed by atoms with Gasteiger partial charge in [-0.05, 0) is 12.8 Å². The highest BCUT2D eigenvalue weighted by Crippen LogP contribution is 2.13. The molecule has 1 aromatic rings. The SMILES string of the molecule is CCCNc1ocnc1CC. The minimum absolute atomic E-state index is 0.828. The Hall–Kier alpha value is -0.990. The summed E-state index contributed by atoms with van der Waals surface area (Å²) in [6, 6.07) is 0. The smallest absolute Gasteiger partial charge is 0.216 e. The normalized spacial score (nSPS) is 10.0. The quantitative estimate of drug-likeness (QED) is 0.721. The highest BCUT2D eigenvalue weighted by molar-refractivity contribution is 5.35. The van der Waals surface area contributed by atoms with Gasteiger partial charge in [-0.1, -0.05) is 13.8 Å². The van der Waals surface area contributed by atoms with Crippen LogP contribution < -0.4 is 5.32 Å². The van der Waals surface area contributed by atoms with E-state index >= 15 is 0 Å². The third kappa shape index (κ3) is 1.97. The molecular weight excluding hydrogens is 140 g/mol. The molecular formula is C8H14N2O. The van der Waals surface area contributed by atoms with Crippen LogP contribution in [0.15, 0.2) is 10.8 Å². The van der Waals surface area contributed by atoms with Gasteiger partial charge in [0.15, 0.2) is 6.39 Å². The first-order valence-electron chi connectivity index (χ1n) is 4.04. The van der Waals surface area contributed by atoms with E-state index in [0.717, 1.165) is 31.0 Å². The second-order valence-corrected chi connectivity index (χ2v) is 2.41. The van der Waals surface area contributed by atoms with E-state index in [4.69, 9.17) is 4.42 Å². The number of oxazole rings is 1. The number of hydrogen-bond acceptors (Lipinski definition) is 3. The van der Waals surface area contributed by atoms with Gasteiger partial charge in [-0.2, -0.15) is 0 Å². The topological polar surface area (TPSA) is 38.1 Å². The maximum absolute atomic E-state index is 5.14. The first kappa shape index (κ1) is 8.11. The number of aromatic nitrogens is 1. The van der Waals surface area contributed by atoms with Crippen LogP contribution in [-0.4, -0.2) is 11.5 Å². The van der Waals surface area contributed by atoms with Crippen LogP contribution in [-0.2, 0) is 6.42 Å². The number of nitrogens with one attached hydrogen (secondary N) is 1. The summed E-state index contributed by atoms with van der Waals surface area (Å²) in [5, 5.41) is 3.16. The fraction of sp³-hybridized carbons (Fsp3) is 0.625. The van der Waals surface area contributed by atoms with Crippen molar-refractivity contribution in [3.05, 3.63) is 12.1 Å². The van der Waals surface area contributed by atoms with Gasteiger partial charge >= 0.3 is 0 Å². The van der Waals surface area contributed by atoms with E-state index in [1.807, 2.05) is 0 Å². The van der Waals surface area contributed by atoms with E-state index in [2.05, 4.69) is 24.1 Å². The van der Waals surface area contributed by atoms with Gasteiger partial charge < -0.3 is 9.73 Å². The van der Waals surface area contributed by atoms with Gasteiger partial charge in [0.1, 0.15) is 5.69 Å². The van der Waals surface area contributed by atoms with Crippen LogP contribution in [0.1, 0.15) is 26.0 Å². The van der Waals surface area contributed by atoms with E-state index in [1.165, 1.54) is 6.39 Å². The minimum Gasteiger partial charge on any atom is -0.428 e. The fourth-order valence-electron chi connectivity index (χ4n) is 0.903. The predicted molar refractivity (Wildman–Crippen MR) is 44.7 cm³/mol. The highest BCUT2D eigenvalue weighted by atomic mass is 16.4. The van der Waals surface area contributed by atoms with E-state index in [-0.39, 0.29) is 0 Å². The zero-order valence-electron chi connectivity index (χ0n) is 7.05. The number of nitrogens with zero attached hydrogens (tertiary/aromatic N) is 1. The van der Waals surface area contributed by atoms with Crippen LogP contribution in [0, 0.1) is 0 Å². The molecule has 0 spiro atoms. The standard InChI is InChI=1S/C8H14N2O/c1-3-5-9-8-7(4-2)10-6-11-8/h6,9H,3-5H2,1-2H3. The van der Waals surface area contributed by atoms with Crippen LogP contribution in [0.25, 0.3) is 0 Å². The summed E-state index contributed by atoms with van der Waals surface area (Å²) in [4.78, 5) is 4.06. The van der Waals surface area contributed by atoms with Crippen molar-refractivity contribution < 1.29 is 4.42 Å². The Morgan fingerprint density at radius 2 is 2.36 bits per heavy atom. The Kier molecular flexibility index (Phi) is 2.95. The van der Waals surface area contributed by atoms with Gasteiger partial charge in [0.2, 0.25) is 5.88 Å². The molecule has 0 aliphatic rings. The molecule has 0 fully saturated rings. The molecule has 1 aromatic heterocycles. The summed E-state index contributed by atoms with van der Waals surface area (Å²) in [7, 11) is 0. The van der Waals surface area contributed by atoms with Gasteiger partial charge in [-0.3, -0.25) is 0 Å². The lowest BCUT2D eigenvalue weighted by Gasteiger charge is -1.99. The van der Waals surface area contributed by atoms with E-state index < -0.39 is 0 Å². The number of anilines is 1. The van der Waals surface area contributed by atoms with Gasteiger partial charge in [-0.25, -0.2) is 4.98 Å². The van der Waals surface area contributed by atoms with Crippen molar-refractivity contribution in [1.82, 2.24) is 4.98 Å². The summed E-state index contributed by atoms with van der Waals surface area (Å²) in [5.41, 5.74) is 1.01. The maximum atomic E-state index is 5.14. The number of aryl methyl sites for hydroxylation is 1. The van der Waals surface area contributed by atoms with Gasteiger partial charge in [0, 0.05) is 6.54 Å². The number of hydrogen-bond donors (Lipinski definition) is 1. The molecule has 0 atom stereocenters. The first-order chi connectivity index (χ1) is 5.38. The molecule has 0 saturated carbocycles. The zero-order valence-corrected chi connectivity index (χ0v) is 7.05. The zero-order chi connectivity index (χ0) is 8.10.